The van der Waals surface area contributed by atoms with Crippen molar-refractivity contribution in [3.05, 3.63) is 23.3 Å². The zero-order valence-corrected chi connectivity index (χ0v) is 16.0. The molecular formula is C18H29ClN2O3. The van der Waals surface area contributed by atoms with Gasteiger partial charge >= 0.3 is 0 Å². The third kappa shape index (κ3) is 4.77. The molecule has 0 saturated carbocycles. The number of piperidine rings is 1. The van der Waals surface area contributed by atoms with E-state index in [1.54, 1.807) is 14.2 Å². The molecule has 1 aliphatic heterocycles. The molecule has 1 amide bonds. The molecule has 1 fully saturated rings. The summed E-state index contributed by atoms with van der Waals surface area (Å²) in [6.45, 7) is 7.06. The molecule has 3 atom stereocenters. The first-order valence-electron chi connectivity index (χ1n) is 8.22. The predicted octanol–water partition coefficient (Wildman–Crippen LogP) is 3.00. The highest BCUT2D eigenvalue weighted by molar-refractivity contribution is 5.85. The fourth-order valence-electron chi connectivity index (χ4n) is 3.24. The first-order valence-corrected chi connectivity index (χ1v) is 8.22. The Kier molecular flexibility index (Phi) is 7.84. The number of rotatable bonds is 5. The van der Waals surface area contributed by atoms with Crippen LogP contribution in [-0.4, -0.2) is 32.7 Å². The molecular weight excluding hydrogens is 328 g/mol. The van der Waals surface area contributed by atoms with E-state index in [4.69, 9.17) is 9.47 Å². The number of amides is 1. The lowest BCUT2D eigenvalue weighted by atomic mass is 9.92. The Hall–Kier alpha value is -1.46. The molecule has 5 nitrogen and oxygen atoms in total. The minimum absolute atomic E-state index is 0. The maximum Gasteiger partial charge on any atom is 0.223 e. The van der Waals surface area contributed by atoms with Gasteiger partial charge in [-0.1, -0.05) is 0 Å². The lowest BCUT2D eigenvalue weighted by Gasteiger charge is -2.28. The molecule has 136 valence electrons. The first kappa shape index (κ1) is 20.6. The topological polar surface area (TPSA) is 59.6 Å². The summed E-state index contributed by atoms with van der Waals surface area (Å²) in [6, 6.07) is 4.23. The fourth-order valence-corrected chi connectivity index (χ4v) is 3.24. The highest BCUT2D eigenvalue weighted by Gasteiger charge is 2.26. The van der Waals surface area contributed by atoms with E-state index in [9.17, 15) is 4.79 Å². The van der Waals surface area contributed by atoms with Crippen LogP contribution >= 0.6 is 12.4 Å². The Morgan fingerprint density at radius 1 is 1.29 bits per heavy atom. The van der Waals surface area contributed by atoms with Crippen LogP contribution in [-0.2, 0) is 4.79 Å². The summed E-state index contributed by atoms with van der Waals surface area (Å²) in [7, 11) is 3.25. The van der Waals surface area contributed by atoms with Crippen LogP contribution in [0.1, 0.15) is 43.9 Å². The maximum atomic E-state index is 12.5. The Bertz CT molecular complexity index is 565. The van der Waals surface area contributed by atoms with Crippen LogP contribution in [0.2, 0.25) is 0 Å². The molecule has 2 rings (SSSR count). The van der Waals surface area contributed by atoms with E-state index in [1.165, 1.54) is 0 Å². The molecule has 1 unspecified atom stereocenters. The second-order valence-electron chi connectivity index (χ2n) is 6.37. The van der Waals surface area contributed by atoms with Gasteiger partial charge in [0.2, 0.25) is 5.91 Å². The van der Waals surface area contributed by atoms with Crippen molar-refractivity contribution in [1.82, 2.24) is 10.6 Å². The number of hydrogen-bond donors (Lipinski definition) is 2. The first-order chi connectivity index (χ1) is 11.0. The molecule has 0 spiro atoms. The number of halogens is 1. The van der Waals surface area contributed by atoms with Crippen molar-refractivity contribution in [2.24, 2.45) is 5.92 Å². The van der Waals surface area contributed by atoms with Gasteiger partial charge in [0.1, 0.15) is 0 Å². The number of carbonyl (C=O) groups is 1. The van der Waals surface area contributed by atoms with E-state index < -0.39 is 0 Å². The van der Waals surface area contributed by atoms with E-state index in [0.29, 0.717) is 17.5 Å². The van der Waals surface area contributed by atoms with Crippen molar-refractivity contribution in [2.45, 2.75) is 45.7 Å². The van der Waals surface area contributed by atoms with Gasteiger partial charge in [-0.05, 0) is 63.4 Å². The van der Waals surface area contributed by atoms with Gasteiger partial charge in [-0.2, -0.15) is 0 Å². The molecule has 0 aromatic heterocycles. The number of nitrogens with one attached hydrogen (secondary N) is 2. The average Bonchev–Trinajstić information content (AvgIpc) is 2.54. The summed E-state index contributed by atoms with van der Waals surface area (Å²) in [4.78, 5) is 12.5. The number of ether oxygens (including phenoxy) is 2. The van der Waals surface area contributed by atoms with Crippen LogP contribution in [0.3, 0.4) is 0 Å². The summed E-state index contributed by atoms with van der Waals surface area (Å²) in [5.41, 5.74) is 2.13. The van der Waals surface area contributed by atoms with Gasteiger partial charge in [0.05, 0.1) is 20.3 Å². The monoisotopic (exact) mass is 356 g/mol. The lowest BCUT2D eigenvalue weighted by molar-refractivity contribution is -0.126. The molecule has 24 heavy (non-hydrogen) atoms. The van der Waals surface area contributed by atoms with Gasteiger partial charge in [-0.3, -0.25) is 4.79 Å². The number of methoxy groups -OCH3 is 2. The summed E-state index contributed by atoms with van der Waals surface area (Å²) >= 11 is 0. The molecule has 6 heteroatoms. The zero-order chi connectivity index (χ0) is 17.0. The van der Waals surface area contributed by atoms with Crippen LogP contribution in [0.5, 0.6) is 11.5 Å². The van der Waals surface area contributed by atoms with Gasteiger partial charge in [-0.25, -0.2) is 0 Å². The van der Waals surface area contributed by atoms with Crippen LogP contribution in [0.25, 0.3) is 0 Å². The van der Waals surface area contributed by atoms with Crippen molar-refractivity contribution < 1.29 is 14.3 Å². The molecule has 1 aromatic rings. The van der Waals surface area contributed by atoms with Crippen molar-refractivity contribution >= 4 is 18.3 Å². The Morgan fingerprint density at radius 3 is 2.50 bits per heavy atom. The SMILES string of the molecule is COc1cc(C)c(C(C)NC(=O)[C@H]2CCN[C@@H](C)C2)cc1OC.Cl. The summed E-state index contributed by atoms with van der Waals surface area (Å²) in [6.07, 6.45) is 1.79. The predicted molar refractivity (Wildman–Crippen MR) is 98.3 cm³/mol. The van der Waals surface area contributed by atoms with Crippen molar-refractivity contribution in [3.8, 4) is 11.5 Å². The summed E-state index contributed by atoms with van der Waals surface area (Å²) in [5, 5.41) is 6.53. The van der Waals surface area contributed by atoms with Gasteiger partial charge < -0.3 is 20.1 Å². The Labute approximate surface area is 150 Å². The summed E-state index contributed by atoms with van der Waals surface area (Å²) < 4.78 is 10.7. The number of benzene rings is 1. The summed E-state index contributed by atoms with van der Waals surface area (Å²) in [5.74, 6) is 1.62. The number of carbonyl (C=O) groups excluding carboxylic acids is 1. The van der Waals surface area contributed by atoms with Crippen LogP contribution in [0.15, 0.2) is 12.1 Å². The van der Waals surface area contributed by atoms with E-state index in [1.807, 2.05) is 26.0 Å². The number of hydrogen-bond acceptors (Lipinski definition) is 4. The molecule has 0 bridgehead atoms. The van der Waals surface area contributed by atoms with Crippen LogP contribution in [0, 0.1) is 12.8 Å². The van der Waals surface area contributed by atoms with Crippen molar-refractivity contribution in [1.29, 1.82) is 0 Å². The van der Waals surface area contributed by atoms with E-state index in [0.717, 1.165) is 30.5 Å². The molecule has 1 aliphatic rings. The van der Waals surface area contributed by atoms with Crippen LogP contribution in [0.4, 0.5) is 0 Å². The zero-order valence-electron chi connectivity index (χ0n) is 15.1. The standard InChI is InChI=1S/C18H28N2O3.ClH/c1-11-8-16(22-4)17(23-5)10-15(11)13(3)20-18(21)14-6-7-19-12(2)9-14;/h8,10,12-14,19H,6-7,9H2,1-5H3,(H,20,21);1H/t12-,13?,14-;/m0./s1. The van der Waals surface area contributed by atoms with E-state index in [2.05, 4.69) is 17.6 Å². The number of aryl methyl sites for hydroxylation is 1. The molecule has 1 heterocycles. The van der Waals surface area contributed by atoms with Crippen molar-refractivity contribution in [2.75, 3.05) is 20.8 Å². The molecule has 0 aliphatic carbocycles. The van der Waals surface area contributed by atoms with Crippen molar-refractivity contribution in [3.63, 3.8) is 0 Å². The average molecular weight is 357 g/mol. The fraction of sp³-hybridized carbons (Fsp3) is 0.611. The third-order valence-electron chi connectivity index (χ3n) is 4.59. The van der Waals surface area contributed by atoms with E-state index >= 15 is 0 Å². The maximum absolute atomic E-state index is 12.5. The highest BCUT2D eigenvalue weighted by Crippen LogP contribution is 2.33. The highest BCUT2D eigenvalue weighted by atomic mass is 35.5. The smallest absolute Gasteiger partial charge is 0.223 e. The molecule has 0 radical (unpaired) electrons. The quantitative estimate of drug-likeness (QED) is 0.851. The second kappa shape index (κ2) is 9.14. The Balaban J connectivity index is 0.00000288. The van der Waals surface area contributed by atoms with E-state index in [-0.39, 0.29) is 30.3 Å². The largest absolute Gasteiger partial charge is 0.493 e. The molecule has 1 saturated heterocycles. The molecule has 1 aromatic carbocycles. The minimum Gasteiger partial charge on any atom is -0.493 e. The van der Waals surface area contributed by atoms with Gasteiger partial charge in [0, 0.05) is 12.0 Å². The van der Waals surface area contributed by atoms with Crippen LogP contribution < -0.4 is 20.1 Å². The van der Waals surface area contributed by atoms with Gasteiger partial charge in [-0.15, -0.1) is 12.4 Å². The second-order valence-corrected chi connectivity index (χ2v) is 6.37. The lowest BCUT2D eigenvalue weighted by Crippen LogP contribution is -2.43. The minimum atomic E-state index is -0.0625. The van der Waals surface area contributed by atoms with Gasteiger partial charge in [0.25, 0.3) is 0 Å². The Morgan fingerprint density at radius 2 is 1.92 bits per heavy atom. The third-order valence-corrected chi connectivity index (χ3v) is 4.59. The van der Waals surface area contributed by atoms with Gasteiger partial charge in [0.15, 0.2) is 11.5 Å². The molecule has 2 N–H and O–H groups in total. The normalized spacial score (nSPS) is 21.4.